The number of aromatic carboxylic acids is 1. The summed E-state index contributed by atoms with van der Waals surface area (Å²) in [6.07, 6.45) is 1.00. The van der Waals surface area contributed by atoms with E-state index in [2.05, 4.69) is 5.32 Å². The van der Waals surface area contributed by atoms with Crippen LogP contribution in [0.2, 0.25) is 0 Å². The Morgan fingerprint density at radius 3 is 2.15 bits per heavy atom. The van der Waals surface area contributed by atoms with Crippen molar-refractivity contribution in [2.45, 2.75) is 4.90 Å². The zero-order chi connectivity index (χ0) is 19.8. The lowest BCUT2D eigenvalue weighted by molar-refractivity contribution is -0.255. The van der Waals surface area contributed by atoms with Gasteiger partial charge in [-0.15, -0.1) is 0 Å². The lowest BCUT2D eigenvalue weighted by Gasteiger charge is -2.26. The van der Waals surface area contributed by atoms with Crippen molar-refractivity contribution in [2.75, 3.05) is 26.2 Å². The highest BCUT2D eigenvalue weighted by Gasteiger charge is 2.26. The molecule has 0 radical (unpaired) electrons. The number of carbonyl (C=O) groups is 1. The van der Waals surface area contributed by atoms with Gasteiger partial charge in [0.15, 0.2) is 0 Å². The topological polar surface area (TPSA) is 155 Å². The first-order chi connectivity index (χ1) is 12.6. The number of nitrogens with zero attached hydrogens (tertiary/aromatic N) is 2. The van der Waals surface area contributed by atoms with Crippen LogP contribution < -0.4 is 15.6 Å². The van der Waals surface area contributed by atoms with Gasteiger partial charge in [-0.25, -0.2) is 17.5 Å². The predicted octanol–water partition coefficient (Wildman–Crippen LogP) is -1.84. The van der Waals surface area contributed by atoms with Gasteiger partial charge < -0.3 is 15.2 Å². The third-order valence-corrected chi connectivity index (χ3v) is 6.96. The van der Waals surface area contributed by atoms with Gasteiger partial charge >= 0.3 is 10.2 Å². The van der Waals surface area contributed by atoms with Gasteiger partial charge in [-0.05, 0) is 23.8 Å². The first kappa shape index (κ1) is 19.5. The molecular formula is C15H17N4O6S2-. The lowest BCUT2D eigenvalue weighted by atomic mass is 10.1. The SMILES string of the molecule is NS(=O)(=O)n1ccc(-c2ccc(S(=O)(=O)N3CCNCC3)cc2)c1C(=O)[O-]. The van der Waals surface area contributed by atoms with Gasteiger partial charge in [0.05, 0.1) is 16.6 Å². The predicted molar refractivity (Wildman–Crippen MR) is 94.3 cm³/mol. The maximum absolute atomic E-state index is 12.6. The smallest absolute Gasteiger partial charge is 0.302 e. The van der Waals surface area contributed by atoms with E-state index < -0.39 is 31.9 Å². The van der Waals surface area contributed by atoms with Gasteiger partial charge in [-0.3, -0.25) is 0 Å². The standard InChI is InChI=1S/C15H18N4O6S2/c16-27(24,25)19-8-5-13(14(19)15(20)21)11-1-3-12(4-2-11)26(22,23)18-9-6-17-7-10-18/h1-5,8,17H,6-7,9-10H2,(H,20,21)(H2,16,24,25)/p-1. The van der Waals surface area contributed by atoms with E-state index in [1.807, 2.05) is 0 Å². The number of aromatic nitrogens is 1. The molecule has 0 amide bonds. The van der Waals surface area contributed by atoms with E-state index in [9.17, 15) is 26.7 Å². The Kier molecular flexibility index (Phi) is 5.10. The lowest BCUT2D eigenvalue weighted by Crippen LogP contribution is -2.46. The number of carboxylic acid groups (broad SMARTS) is 1. The molecule has 0 spiro atoms. The van der Waals surface area contributed by atoms with Crippen molar-refractivity contribution in [1.29, 1.82) is 0 Å². The monoisotopic (exact) mass is 413 g/mol. The van der Waals surface area contributed by atoms with Crippen LogP contribution in [0.1, 0.15) is 10.5 Å². The van der Waals surface area contributed by atoms with Crippen LogP contribution in [-0.4, -0.2) is 57.3 Å². The Labute approximate surface area is 156 Å². The Morgan fingerprint density at radius 2 is 1.63 bits per heavy atom. The molecule has 27 heavy (non-hydrogen) atoms. The Balaban J connectivity index is 1.99. The third-order valence-electron chi connectivity index (χ3n) is 4.20. The molecule has 0 unspecified atom stereocenters. The number of carboxylic acids is 1. The van der Waals surface area contributed by atoms with E-state index in [1.54, 1.807) is 0 Å². The van der Waals surface area contributed by atoms with Crippen LogP contribution in [0, 0.1) is 0 Å². The van der Waals surface area contributed by atoms with Crippen molar-refractivity contribution in [1.82, 2.24) is 13.6 Å². The minimum absolute atomic E-state index is 0.0511. The number of sulfonamides is 1. The molecule has 0 bridgehead atoms. The zero-order valence-corrected chi connectivity index (χ0v) is 15.7. The van der Waals surface area contributed by atoms with Crippen molar-refractivity contribution in [3.8, 4) is 11.1 Å². The van der Waals surface area contributed by atoms with E-state index in [0.717, 1.165) is 6.20 Å². The average Bonchev–Trinajstić information content (AvgIpc) is 3.08. The average molecular weight is 413 g/mol. The van der Waals surface area contributed by atoms with Crippen molar-refractivity contribution in [3.05, 3.63) is 42.2 Å². The van der Waals surface area contributed by atoms with Crippen molar-refractivity contribution < 1.29 is 26.7 Å². The molecule has 0 atom stereocenters. The largest absolute Gasteiger partial charge is 0.543 e. The molecule has 1 aromatic heterocycles. The second-order valence-electron chi connectivity index (χ2n) is 5.88. The Hall–Kier alpha value is -2.25. The normalized spacial score (nSPS) is 16.3. The first-order valence-electron chi connectivity index (χ1n) is 7.89. The van der Waals surface area contributed by atoms with Gasteiger partial charge in [-0.1, -0.05) is 12.1 Å². The molecule has 1 aromatic carbocycles. The minimum Gasteiger partial charge on any atom is -0.543 e. The van der Waals surface area contributed by atoms with E-state index >= 15 is 0 Å². The minimum atomic E-state index is -4.32. The molecule has 1 aliphatic heterocycles. The van der Waals surface area contributed by atoms with Crippen molar-refractivity contribution in [3.63, 3.8) is 0 Å². The number of piperazine rings is 1. The van der Waals surface area contributed by atoms with Crippen molar-refractivity contribution in [2.24, 2.45) is 5.14 Å². The van der Waals surface area contributed by atoms with Crippen LogP contribution in [0.5, 0.6) is 0 Å². The number of hydrogen-bond acceptors (Lipinski definition) is 7. The number of nitrogens with one attached hydrogen (secondary N) is 1. The fourth-order valence-corrected chi connectivity index (χ4v) is 5.00. The summed E-state index contributed by atoms with van der Waals surface area (Å²) in [6, 6.07) is 6.77. The van der Waals surface area contributed by atoms with Crippen LogP contribution in [0.4, 0.5) is 0 Å². The molecule has 0 saturated carbocycles. The summed E-state index contributed by atoms with van der Waals surface area (Å²) in [5.41, 5.74) is -0.263. The number of hydrogen-bond donors (Lipinski definition) is 2. The highest BCUT2D eigenvalue weighted by atomic mass is 32.2. The molecule has 3 N–H and O–H groups in total. The molecule has 10 nitrogen and oxygen atoms in total. The highest BCUT2D eigenvalue weighted by Crippen LogP contribution is 2.27. The first-order valence-corrected chi connectivity index (χ1v) is 10.8. The van der Waals surface area contributed by atoms with Crippen LogP contribution in [0.25, 0.3) is 11.1 Å². The number of nitrogens with two attached hydrogens (primary N) is 1. The summed E-state index contributed by atoms with van der Waals surface area (Å²) >= 11 is 0. The van der Waals surface area contributed by atoms with Gasteiger partial charge in [0, 0.05) is 37.9 Å². The summed E-state index contributed by atoms with van der Waals surface area (Å²) in [6.45, 7) is 1.84. The fourth-order valence-electron chi connectivity index (χ4n) is 2.90. The molecular weight excluding hydrogens is 396 g/mol. The molecule has 1 aliphatic rings. The zero-order valence-electron chi connectivity index (χ0n) is 14.0. The summed E-state index contributed by atoms with van der Waals surface area (Å²) in [4.78, 5) is 11.5. The molecule has 2 heterocycles. The van der Waals surface area contributed by atoms with Crippen molar-refractivity contribution >= 4 is 26.2 Å². The molecule has 146 valence electrons. The molecule has 2 aromatic rings. The van der Waals surface area contributed by atoms with E-state index in [1.165, 1.54) is 34.6 Å². The van der Waals surface area contributed by atoms with E-state index in [-0.39, 0.29) is 10.5 Å². The van der Waals surface area contributed by atoms with Gasteiger partial charge in [-0.2, -0.15) is 12.7 Å². The third kappa shape index (κ3) is 3.75. The second kappa shape index (κ2) is 7.05. The van der Waals surface area contributed by atoms with Crippen LogP contribution >= 0.6 is 0 Å². The molecule has 0 aliphatic carbocycles. The maximum atomic E-state index is 12.6. The van der Waals surface area contributed by atoms with Gasteiger partial charge in [0.25, 0.3) is 0 Å². The van der Waals surface area contributed by atoms with E-state index in [4.69, 9.17) is 5.14 Å². The number of carbonyl (C=O) groups excluding carboxylic acids is 1. The summed E-state index contributed by atoms with van der Waals surface area (Å²) in [5, 5.41) is 19.5. The molecule has 12 heteroatoms. The Morgan fingerprint density at radius 1 is 1.04 bits per heavy atom. The fraction of sp³-hybridized carbons (Fsp3) is 0.267. The maximum Gasteiger partial charge on any atom is 0.302 e. The van der Waals surface area contributed by atoms with Crippen LogP contribution in [0.3, 0.4) is 0 Å². The molecule has 1 fully saturated rings. The van der Waals surface area contributed by atoms with Gasteiger partial charge in [0.2, 0.25) is 10.0 Å². The molecule has 3 rings (SSSR count). The summed E-state index contributed by atoms with van der Waals surface area (Å²) < 4.78 is 50.1. The quantitative estimate of drug-likeness (QED) is 0.584. The van der Waals surface area contributed by atoms with E-state index in [0.29, 0.717) is 35.7 Å². The Bertz CT molecular complexity index is 1070. The van der Waals surface area contributed by atoms with Crippen LogP contribution in [-0.2, 0) is 20.2 Å². The molecule has 1 saturated heterocycles. The second-order valence-corrected chi connectivity index (χ2v) is 9.25. The number of rotatable bonds is 5. The summed E-state index contributed by atoms with van der Waals surface area (Å²) in [5.74, 6) is -1.72. The number of benzene rings is 1. The van der Waals surface area contributed by atoms with Crippen LogP contribution in [0.15, 0.2) is 41.4 Å². The summed E-state index contributed by atoms with van der Waals surface area (Å²) in [7, 11) is -7.99. The highest BCUT2D eigenvalue weighted by molar-refractivity contribution is 7.89. The van der Waals surface area contributed by atoms with Gasteiger partial charge in [0.1, 0.15) is 0 Å².